The third-order valence-electron chi connectivity index (χ3n) is 3.84. The van der Waals surface area contributed by atoms with Gasteiger partial charge in [-0.25, -0.2) is 0 Å². The smallest absolute Gasteiger partial charge is 0.0484 e. The molecule has 0 amide bonds. The van der Waals surface area contributed by atoms with E-state index in [0.717, 1.165) is 16.0 Å². The molecule has 18 heavy (non-hydrogen) atoms. The van der Waals surface area contributed by atoms with Crippen LogP contribution in [0.2, 0.25) is 5.02 Å². The predicted octanol–water partition coefficient (Wildman–Crippen LogP) is 3.98. The molecule has 1 aromatic carbocycles. The summed E-state index contributed by atoms with van der Waals surface area (Å²) in [5, 5.41) is 0.759. The highest BCUT2D eigenvalue weighted by Gasteiger charge is 2.30. The number of halogens is 2. The molecule has 0 spiro atoms. The van der Waals surface area contributed by atoms with Gasteiger partial charge in [0.05, 0.1) is 0 Å². The first-order chi connectivity index (χ1) is 8.67. The maximum Gasteiger partial charge on any atom is 0.0484 e. The minimum Gasteiger partial charge on any atom is -0.329 e. The van der Waals surface area contributed by atoms with Gasteiger partial charge in [-0.1, -0.05) is 40.5 Å². The van der Waals surface area contributed by atoms with Gasteiger partial charge >= 0.3 is 0 Å². The molecule has 2 N–H and O–H groups in total. The molecule has 0 aliphatic carbocycles. The highest BCUT2D eigenvalue weighted by Crippen LogP contribution is 2.34. The van der Waals surface area contributed by atoms with Gasteiger partial charge in [0, 0.05) is 28.1 Å². The summed E-state index contributed by atoms with van der Waals surface area (Å²) in [7, 11) is 0. The van der Waals surface area contributed by atoms with E-state index in [2.05, 4.69) is 33.8 Å². The Bertz CT molecular complexity index is 411. The second-order valence-corrected chi connectivity index (χ2v) is 6.15. The standard InChI is InChI=1S/C14H20BrClN2/c1-2-11-4-3-7-18(11)14(9-17)12-6-5-10(16)8-13(12)15/h5-6,8,11,14H,2-4,7,9,17H2,1H3. The van der Waals surface area contributed by atoms with Crippen molar-refractivity contribution in [1.29, 1.82) is 0 Å². The van der Waals surface area contributed by atoms with Crippen LogP contribution in [0.5, 0.6) is 0 Å². The van der Waals surface area contributed by atoms with Crippen LogP contribution in [0.3, 0.4) is 0 Å². The zero-order valence-electron chi connectivity index (χ0n) is 10.7. The summed E-state index contributed by atoms with van der Waals surface area (Å²) >= 11 is 9.62. The van der Waals surface area contributed by atoms with Gasteiger partial charge in [-0.3, -0.25) is 4.90 Å². The SMILES string of the molecule is CCC1CCCN1C(CN)c1ccc(Cl)cc1Br. The molecule has 0 bridgehead atoms. The molecular formula is C14H20BrClN2. The molecule has 2 atom stereocenters. The monoisotopic (exact) mass is 330 g/mol. The molecule has 1 saturated heterocycles. The lowest BCUT2D eigenvalue weighted by molar-refractivity contribution is 0.180. The van der Waals surface area contributed by atoms with Crippen LogP contribution in [-0.4, -0.2) is 24.0 Å². The van der Waals surface area contributed by atoms with Crippen LogP contribution in [0.4, 0.5) is 0 Å². The van der Waals surface area contributed by atoms with E-state index in [-0.39, 0.29) is 0 Å². The van der Waals surface area contributed by atoms with Gasteiger partial charge in [0.2, 0.25) is 0 Å². The van der Waals surface area contributed by atoms with Gasteiger partial charge in [0.15, 0.2) is 0 Å². The van der Waals surface area contributed by atoms with Crippen LogP contribution >= 0.6 is 27.5 Å². The Hall–Kier alpha value is -0.0900. The molecule has 0 saturated carbocycles. The minimum atomic E-state index is 0.295. The number of nitrogens with two attached hydrogens (primary N) is 1. The second kappa shape index (κ2) is 6.38. The average Bonchev–Trinajstić information content (AvgIpc) is 2.81. The van der Waals surface area contributed by atoms with Crippen LogP contribution in [0.15, 0.2) is 22.7 Å². The van der Waals surface area contributed by atoms with Crippen molar-refractivity contribution < 1.29 is 0 Å². The van der Waals surface area contributed by atoms with E-state index < -0.39 is 0 Å². The highest BCUT2D eigenvalue weighted by molar-refractivity contribution is 9.10. The summed E-state index contributed by atoms with van der Waals surface area (Å²) in [4.78, 5) is 2.55. The summed E-state index contributed by atoms with van der Waals surface area (Å²) in [6, 6.07) is 6.96. The van der Waals surface area contributed by atoms with Crippen molar-refractivity contribution in [3.63, 3.8) is 0 Å². The molecule has 1 aliphatic rings. The van der Waals surface area contributed by atoms with Crippen molar-refractivity contribution in [2.75, 3.05) is 13.1 Å². The zero-order chi connectivity index (χ0) is 13.1. The molecule has 1 aromatic rings. The number of nitrogens with zero attached hydrogens (tertiary/aromatic N) is 1. The predicted molar refractivity (Wildman–Crippen MR) is 81.0 cm³/mol. The molecule has 4 heteroatoms. The number of benzene rings is 1. The van der Waals surface area contributed by atoms with E-state index in [9.17, 15) is 0 Å². The molecule has 1 aliphatic heterocycles. The van der Waals surface area contributed by atoms with Gasteiger partial charge in [-0.15, -0.1) is 0 Å². The highest BCUT2D eigenvalue weighted by atomic mass is 79.9. The second-order valence-electron chi connectivity index (χ2n) is 4.86. The Labute approximate surface area is 123 Å². The van der Waals surface area contributed by atoms with Crippen LogP contribution in [-0.2, 0) is 0 Å². The van der Waals surface area contributed by atoms with E-state index in [4.69, 9.17) is 17.3 Å². The lowest BCUT2D eigenvalue weighted by Gasteiger charge is -2.32. The van der Waals surface area contributed by atoms with Crippen LogP contribution in [0, 0.1) is 0 Å². The van der Waals surface area contributed by atoms with E-state index in [1.165, 1.54) is 24.8 Å². The molecule has 1 heterocycles. The topological polar surface area (TPSA) is 29.3 Å². The largest absolute Gasteiger partial charge is 0.329 e. The van der Waals surface area contributed by atoms with E-state index in [0.29, 0.717) is 18.6 Å². The molecular weight excluding hydrogens is 312 g/mol. The molecule has 1 fully saturated rings. The van der Waals surface area contributed by atoms with Gasteiger partial charge in [-0.2, -0.15) is 0 Å². The average molecular weight is 332 g/mol. The first kappa shape index (κ1) is 14.3. The Morgan fingerprint density at radius 2 is 2.33 bits per heavy atom. The maximum absolute atomic E-state index is 6.01. The molecule has 2 unspecified atom stereocenters. The Morgan fingerprint density at radius 3 is 2.94 bits per heavy atom. The Morgan fingerprint density at radius 1 is 1.56 bits per heavy atom. The molecule has 2 nitrogen and oxygen atoms in total. The minimum absolute atomic E-state index is 0.295. The van der Waals surface area contributed by atoms with Crippen molar-refractivity contribution in [3.8, 4) is 0 Å². The third-order valence-corrected chi connectivity index (χ3v) is 4.76. The third kappa shape index (κ3) is 2.90. The van der Waals surface area contributed by atoms with E-state index in [1.807, 2.05) is 12.1 Å². The van der Waals surface area contributed by atoms with Gasteiger partial charge in [0.1, 0.15) is 0 Å². The van der Waals surface area contributed by atoms with E-state index in [1.54, 1.807) is 0 Å². The molecule has 0 aromatic heterocycles. The first-order valence-electron chi connectivity index (χ1n) is 6.58. The summed E-state index contributed by atoms with van der Waals surface area (Å²) in [6.07, 6.45) is 3.76. The number of hydrogen-bond acceptors (Lipinski definition) is 2. The van der Waals surface area contributed by atoms with Crippen LogP contribution in [0.25, 0.3) is 0 Å². The summed E-state index contributed by atoms with van der Waals surface area (Å²) in [6.45, 7) is 4.06. The summed E-state index contributed by atoms with van der Waals surface area (Å²) < 4.78 is 1.06. The van der Waals surface area contributed by atoms with Crippen molar-refractivity contribution in [1.82, 2.24) is 4.90 Å². The Kier molecular flexibility index (Phi) is 5.07. The Balaban J connectivity index is 2.27. The van der Waals surface area contributed by atoms with Crippen molar-refractivity contribution in [3.05, 3.63) is 33.3 Å². The molecule has 2 rings (SSSR count). The van der Waals surface area contributed by atoms with E-state index >= 15 is 0 Å². The van der Waals surface area contributed by atoms with Crippen molar-refractivity contribution in [2.24, 2.45) is 5.73 Å². The first-order valence-corrected chi connectivity index (χ1v) is 7.75. The lowest BCUT2D eigenvalue weighted by Crippen LogP contribution is -2.37. The number of rotatable bonds is 4. The normalized spacial score (nSPS) is 22.3. The quantitative estimate of drug-likeness (QED) is 0.904. The van der Waals surface area contributed by atoms with Crippen molar-refractivity contribution in [2.45, 2.75) is 38.3 Å². The van der Waals surface area contributed by atoms with Crippen LogP contribution in [0.1, 0.15) is 37.8 Å². The van der Waals surface area contributed by atoms with Gasteiger partial charge in [0.25, 0.3) is 0 Å². The molecule has 0 radical (unpaired) electrons. The van der Waals surface area contributed by atoms with Crippen LogP contribution < -0.4 is 5.73 Å². The fraction of sp³-hybridized carbons (Fsp3) is 0.571. The fourth-order valence-electron chi connectivity index (χ4n) is 2.92. The zero-order valence-corrected chi connectivity index (χ0v) is 13.0. The number of likely N-dealkylation sites (tertiary alicyclic amines) is 1. The number of hydrogen-bond donors (Lipinski definition) is 1. The maximum atomic E-state index is 6.01. The summed E-state index contributed by atoms with van der Waals surface area (Å²) in [5.41, 5.74) is 7.27. The van der Waals surface area contributed by atoms with Gasteiger partial charge < -0.3 is 5.73 Å². The van der Waals surface area contributed by atoms with Crippen molar-refractivity contribution >= 4 is 27.5 Å². The fourth-order valence-corrected chi connectivity index (χ4v) is 3.87. The summed E-state index contributed by atoms with van der Waals surface area (Å²) in [5.74, 6) is 0. The van der Waals surface area contributed by atoms with Gasteiger partial charge in [-0.05, 0) is 43.5 Å². The lowest BCUT2D eigenvalue weighted by atomic mass is 10.0. The molecule has 100 valence electrons.